The molecule has 0 heterocycles. The number of esters is 1. The molecule has 5 nitrogen and oxygen atoms in total. The van der Waals surface area contributed by atoms with Gasteiger partial charge in [-0.25, -0.2) is 4.79 Å². The van der Waals surface area contributed by atoms with E-state index in [1.165, 1.54) is 13.8 Å². The van der Waals surface area contributed by atoms with Crippen LogP contribution < -0.4 is 62.2 Å². The SMILES string of the molecule is COC(=O)Cc1c(C)c(NC(=O)OC(C)(C)C)c(C)c([B-](F)(F)F)c1C.[K+]. The Morgan fingerprint density at radius 1 is 1.04 bits per heavy atom. The number of carbonyl (C=O) groups excluding carboxylic acids is 2. The summed E-state index contributed by atoms with van der Waals surface area (Å²) in [6.07, 6.45) is -1.19. The normalized spacial score (nSPS) is 11.5. The fourth-order valence-electron chi connectivity index (χ4n) is 2.86. The van der Waals surface area contributed by atoms with E-state index in [2.05, 4.69) is 10.1 Å². The topological polar surface area (TPSA) is 64.6 Å². The van der Waals surface area contributed by atoms with Crippen LogP contribution in [0.5, 0.6) is 0 Å². The van der Waals surface area contributed by atoms with Crippen molar-refractivity contribution in [3.05, 3.63) is 22.3 Å². The van der Waals surface area contributed by atoms with Crippen molar-refractivity contribution < 1.29 is 83.4 Å². The Morgan fingerprint density at radius 3 is 1.96 bits per heavy atom. The summed E-state index contributed by atoms with van der Waals surface area (Å²) in [5.74, 6) is -0.663. The van der Waals surface area contributed by atoms with E-state index in [9.17, 15) is 22.5 Å². The van der Waals surface area contributed by atoms with Crippen LogP contribution in [0.25, 0.3) is 0 Å². The van der Waals surface area contributed by atoms with Crippen molar-refractivity contribution in [1.82, 2.24) is 0 Å². The van der Waals surface area contributed by atoms with E-state index >= 15 is 0 Å². The fourth-order valence-corrected chi connectivity index (χ4v) is 2.86. The second-order valence-corrected chi connectivity index (χ2v) is 7.10. The first-order valence-corrected chi connectivity index (χ1v) is 8.08. The van der Waals surface area contributed by atoms with Gasteiger partial charge >= 0.3 is 70.4 Å². The van der Waals surface area contributed by atoms with Crippen LogP contribution >= 0.6 is 0 Å². The summed E-state index contributed by atoms with van der Waals surface area (Å²) in [7, 11) is 1.16. The van der Waals surface area contributed by atoms with Crippen LogP contribution in [-0.2, 0) is 20.7 Å². The molecule has 1 N–H and O–H groups in total. The van der Waals surface area contributed by atoms with Crippen molar-refractivity contribution in [1.29, 1.82) is 0 Å². The standard InChI is InChI=1S/C17H24BF3NO4.K/c1-9-12(8-13(23)25-7)10(2)15(11(3)14(9)18(19,20)21)22-16(24)26-17(4,5)6;/h8H2,1-7H3,(H,22,24);/q-1;+1. The molecular weight excluding hydrogens is 389 g/mol. The first-order valence-electron chi connectivity index (χ1n) is 8.08. The number of hydrogen-bond acceptors (Lipinski definition) is 4. The summed E-state index contributed by atoms with van der Waals surface area (Å²) in [6, 6.07) is 0. The minimum Gasteiger partial charge on any atom is -0.469 e. The molecule has 1 aromatic carbocycles. The summed E-state index contributed by atoms with van der Waals surface area (Å²) in [5, 5.41) is 2.40. The molecule has 0 spiro atoms. The van der Waals surface area contributed by atoms with Gasteiger partial charge in [-0.3, -0.25) is 10.1 Å². The molecule has 0 saturated heterocycles. The molecule has 0 aromatic heterocycles. The Bertz CT molecular complexity index is 731. The first kappa shape index (κ1) is 26.5. The molecule has 27 heavy (non-hydrogen) atoms. The van der Waals surface area contributed by atoms with Crippen LogP contribution in [0, 0.1) is 20.8 Å². The second kappa shape index (κ2) is 9.78. The summed E-state index contributed by atoms with van der Waals surface area (Å²) in [5.41, 5.74) is -1.21. The molecule has 1 amide bonds. The molecule has 0 radical (unpaired) electrons. The van der Waals surface area contributed by atoms with E-state index in [1.807, 2.05) is 0 Å². The van der Waals surface area contributed by atoms with Gasteiger partial charge in [0, 0.05) is 5.69 Å². The van der Waals surface area contributed by atoms with Gasteiger partial charge in [-0.2, -0.15) is 0 Å². The Balaban J connectivity index is 0.00000676. The third-order valence-electron chi connectivity index (χ3n) is 3.97. The summed E-state index contributed by atoms with van der Waals surface area (Å²) < 4.78 is 50.6. The minimum atomic E-state index is -5.35. The Morgan fingerprint density at radius 2 is 1.56 bits per heavy atom. The molecule has 10 heteroatoms. The predicted molar refractivity (Wildman–Crippen MR) is 94.9 cm³/mol. The van der Waals surface area contributed by atoms with E-state index < -0.39 is 30.1 Å². The third-order valence-corrected chi connectivity index (χ3v) is 3.97. The number of rotatable bonds is 4. The molecule has 0 atom stereocenters. The number of benzene rings is 1. The van der Waals surface area contributed by atoms with Gasteiger partial charge in [0.1, 0.15) is 5.60 Å². The van der Waals surface area contributed by atoms with Crippen LogP contribution in [0.15, 0.2) is 0 Å². The molecular formula is C17H24BF3KNO4. The van der Waals surface area contributed by atoms with Crippen molar-refractivity contribution in [2.75, 3.05) is 12.4 Å². The maximum atomic E-state index is 13.6. The van der Waals surface area contributed by atoms with Crippen molar-refractivity contribution in [2.45, 2.75) is 53.6 Å². The van der Waals surface area contributed by atoms with Gasteiger partial charge in [-0.05, 0) is 52.7 Å². The number of ether oxygens (including phenoxy) is 2. The average Bonchev–Trinajstić information content (AvgIpc) is 2.44. The fraction of sp³-hybridized carbons (Fsp3) is 0.529. The van der Waals surface area contributed by atoms with Crippen LogP contribution in [0.3, 0.4) is 0 Å². The molecule has 0 aliphatic carbocycles. The van der Waals surface area contributed by atoms with E-state index in [0.29, 0.717) is 5.56 Å². The molecule has 0 aliphatic heterocycles. The summed E-state index contributed by atoms with van der Waals surface area (Å²) in [6.45, 7) is 3.76. The Labute approximate surface area is 200 Å². The maximum Gasteiger partial charge on any atom is 1.00 e. The largest absolute Gasteiger partial charge is 1.00 e. The molecule has 0 fully saturated rings. The first-order chi connectivity index (χ1) is 11.7. The predicted octanol–water partition coefficient (Wildman–Crippen LogP) is 0.733. The van der Waals surface area contributed by atoms with Gasteiger partial charge in [-0.1, -0.05) is 11.1 Å². The summed E-state index contributed by atoms with van der Waals surface area (Å²) >= 11 is 0. The van der Waals surface area contributed by atoms with E-state index in [0.717, 1.165) is 7.11 Å². The van der Waals surface area contributed by atoms with Crippen LogP contribution in [0.4, 0.5) is 23.4 Å². The third kappa shape index (κ3) is 7.08. The summed E-state index contributed by atoms with van der Waals surface area (Å²) in [4.78, 5) is 23.7. The van der Waals surface area contributed by atoms with E-state index in [-0.39, 0.29) is 80.2 Å². The molecule has 146 valence electrons. The van der Waals surface area contributed by atoms with Crippen molar-refractivity contribution in [3.63, 3.8) is 0 Å². The van der Waals surface area contributed by atoms with Gasteiger partial charge in [0.15, 0.2) is 0 Å². The van der Waals surface area contributed by atoms with Crippen molar-refractivity contribution in [3.8, 4) is 0 Å². The quantitative estimate of drug-likeness (QED) is 0.584. The number of carbonyl (C=O) groups is 2. The molecule has 1 rings (SSSR count). The van der Waals surface area contributed by atoms with Gasteiger partial charge < -0.3 is 22.4 Å². The van der Waals surface area contributed by atoms with Crippen LogP contribution in [0.2, 0.25) is 0 Å². The smallest absolute Gasteiger partial charge is 0.469 e. The second-order valence-electron chi connectivity index (χ2n) is 7.10. The number of methoxy groups -OCH3 is 1. The Kier molecular flexibility index (Phi) is 9.58. The van der Waals surface area contributed by atoms with E-state index in [1.54, 1.807) is 27.7 Å². The molecule has 0 unspecified atom stereocenters. The number of halogens is 3. The zero-order valence-corrected chi connectivity index (χ0v) is 20.2. The van der Waals surface area contributed by atoms with Gasteiger partial charge in [0.25, 0.3) is 0 Å². The zero-order valence-electron chi connectivity index (χ0n) is 17.1. The van der Waals surface area contributed by atoms with Crippen LogP contribution in [-0.4, -0.2) is 31.8 Å². The molecule has 0 saturated carbocycles. The number of anilines is 1. The number of nitrogens with one attached hydrogen (secondary N) is 1. The van der Waals surface area contributed by atoms with Crippen LogP contribution in [0.1, 0.15) is 43.0 Å². The maximum absolute atomic E-state index is 13.6. The number of hydrogen-bond donors (Lipinski definition) is 1. The van der Waals surface area contributed by atoms with Crippen molar-refractivity contribution in [2.24, 2.45) is 0 Å². The average molecular weight is 413 g/mol. The van der Waals surface area contributed by atoms with E-state index in [4.69, 9.17) is 4.74 Å². The van der Waals surface area contributed by atoms with Crippen molar-refractivity contribution >= 4 is 30.2 Å². The molecule has 0 aliphatic rings. The van der Waals surface area contributed by atoms with Gasteiger partial charge in [0.2, 0.25) is 0 Å². The van der Waals surface area contributed by atoms with Gasteiger partial charge in [0.05, 0.1) is 13.5 Å². The monoisotopic (exact) mass is 413 g/mol. The Hall–Kier alpha value is -0.549. The molecule has 1 aromatic rings. The number of amides is 1. The molecule has 0 bridgehead atoms. The zero-order chi connectivity index (χ0) is 20.4. The van der Waals surface area contributed by atoms with Gasteiger partial charge in [-0.15, -0.1) is 5.46 Å². The minimum absolute atomic E-state index is 0.